The Labute approximate surface area is 233 Å². The molecule has 1 aliphatic rings. The van der Waals surface area contributed by atoms with Gasteiger partial charge in [-0.3, -0.25) is 9.59 Å². The monoisotopic (exact) mass is 528 g/mol. The zero-order chi connectivity index (χ0) is 28.5. The molecule has 1 fully saturated rings. The van der Waals surface area contributed by atoms with Gasteiger partial charge in [0.2, 0.25) is 0 Å². The Balaban J connectivity index is 2.36. The molecule has 0 saturated heterocycles. The predicted molar refractivity (Wildman–Crippen MR) is 160 cm³/mol. The van der Waals surface area contributed by atoms with Gasteiger partial charge >= 0.3 is 0 Å². The normalized spacial score (nSPS) is 22.5. The van der Waals surface area contributed by atoms with Gasteiger partial charge in [-0.1, -0.05) is 82.6 Å². The van der Waals surface area contributed by atoms with E-state index in [0.717, 1.165) is 25.7 Å². The highest BCUT2D eigenvalue weighted by atomic mass is 16.5. The number of hydrogen-bond acceptors (Lipinski definition) is 4. The Bertz CT molecular complexity index is 818. The number of Topliss-reactive ketones (excluding diaryl/α,β-unsaturated/α-hetero) is 2. The van der Waals surface area contributed by atoms with Crippen LogP contribution in [0.3, 0.4) is 0 Å². The summed E-state index contributed by atoms with van der Waals surface area (Å²) in [6.45, 7) is 12.4. The molecule has 4 heteroatoms. The third-order valence-electron chi connectivity index (χ3n) is 8.17. The second-order valence-electron chi connectivity index (χ2n) is 11.9. The van der Waals surface area contributed by atoms with Crippen LogP contribution in [0.2, 0.25) is 0 Å². The number of methoxy groups -OCH3 is 1. The molecule has 1 aliphatic carbocycles. The van der Waals surface area contributed by atoms with Crippen molar-refractivity contribution in [2.24, 2.45) is 23.7 Å². The summed E-state index contributed by atoms with van der Waals surface area (Å²) in [4.78, 5) is 25.2. The van der Waals surface area contributed by atoms with Gasteiger partial charge < -0.3 is 9.84 Å². The van der Waals surface area contributed by atoms with E-state index in [1.165, 1.54) is 31.3 Å². The molecule has 6 atom stereocenters. The van der Waals surface area contributed by atoms with E-state index in [0.29, 0.717) is 36.4 Å². The highest BCUT2D eigenvalue weighted by Crippen LogP contribution is 2.32. The van der Waals surface area contributed by atoms with E-state index >= 15 is 0 Å². The fourth-order valence-corrected chi connectivity index (χ4v) is 5.25. The third kappa shape index (κ3) is 15.0. The number of carbonyl (C=O) groups is 2. The summed E-state index contributed by atoms with van der Waals surface area (Å²) in [5, 5.41) is 10.6. The van der Waals surface area contributed by atoms with Gasteiger partial charge in [0.05, 0.1) is 12.2 Å². The number of allylic oxidation sites excluding steroid dienone is 7. The van der Waals surface area contributed by atoms with Gasteiger partial charge in [0, 0.05) is 32.3 Å². The fourth-order valence-electron chi connectivity index (χ4n) is 5.25. The Morgan fingerprint density at radius 2 is 1.82 bits per heavy atom. The minimum atomic E-state index is -0.820. The molecule has 0 amide bonds. The fraction of sp³-hybridized carbons (Fsp3) is 0.706. The lowest BCUT2D eigenvalue weighted by atomic mass is 9.80. The average molecular weight is 529 g/mol. The van der Waals surface area contributed by atoms with Crippen LogP contribution in [0.1, 0.15) is 112 Å². The van der Waals surface area contributed by atoms with Crippen molar-refractivity contribution >= 4 is 11.6 Å². The van der Waals surface area contributed by atoms with Crippen molar-refractivity contribution in [2.45, 2.75) is 124 Å². The van der Waals surface area contributed by atoms with Gasteiger partial charge in [0.15, 0.2) is 0 Å². The van der Waals surface area contributed by atoms with Gasteiger partial charge in [-0.25, -0.2) is 0 Å². The number of ketones is 2. The lowest BCUT2D eigenvalue weighted by Crippen LogP contribution is -2.23. The van der Waals surface area contributed by atoms with Crippen LogP contribution in [-0.2, 0) is 14.3 Å². The molecular weight excluding hydrogens is 472 g/mol. The molecule has 0 aromatic rings. The summed E-state index contributed by atoms with van der Waals surface area (Å²) in [6, 6.07) is 0. The van der Waals surface area contributed by atoms with Crippen LogP contribution in [-0.4, -0.2) is 36.0 Å². The first kappa shape index (κ1) is 34.2. The largest absolute Gasteiger partial charge is 0.388 e. The van der Waals surface area contributed by atoms with Crippen LogP contribution >= 0.6 is 0 Å². The van der Waals surface area contributed by atoms with Gasteiger partial charge in [-0.2, -0.15) is 0 Å². The lowest BCUT2D eigenvalue weighted by molar-refractivity contribution is -0.124. The highest BCUT2D eigenvalue weighted by Gasteiger charge is 2.23. The molecule has 4 nitrogen and oxygen atoms in total. The number of carbonyl (C=O) groups excluding carboxylic acids is 2. The maximum atomic E-state index is 12.7. The number of ether oxygens (including phenoxy) is 1. The van der Waals surface area contributed by atoms with Crippen molar-refractivity contribution in [3.63, 3.8) is 0 Å². The van der Waals surface area contributed by atoms with Crippen molar-refractivity contribution in [2.75, 3.05) is 7.11 Å². The third-order valence-corrected chi connectivity index (χ3v) is 8.17. The molecule has 1 saturated carbocycles. The standard InChI is InChI=1S/C34H56O4/c1-8-25(2)13-10-9-11-14-26(3)21-29(6)34(37)24-33(36)28(5)18-20-31(35)19-17-27(4)22-30-15-12-16-32(23-30)38-7/h9-11,13-14,18,26-27,29-30,32-33,36H,8,12,15-17,19-24H2,1-7H3/b10-9+,14-11+,25-13+,28-18+/t26-,27?,29?,30?,32?,33?/m1/s1. The molecule has 0 spiro atoms. The van der Waals surface area contributed by atoms with Crippen molar-refractivity contribution in [3.8, 4) is 0 Å². The SMILES string of the molecule is CC/C(C)=C/C=C/C=C/[C@@H](C)CC(C)C(=O)CC(O)/C(C)=C/CC(=O)CCC(C)CC1CCCC(OC)C1. The van der Waals surface area contributed by atoms with Crippen molar-refractivity contribution in [1.82, 2.24) is 0 Å². The summed E-state index contributed by atoms with van der Waals surface area (Å²) in [5.41, 5.74) is 2.06. The molecule has 216 valence electrons. The van der Waals surface area contributed by atoms with Crippen molar-refractivity contribution < 1.29 is 19.4 Å². The average Bonchev–Trinajstić information content (AvgIpc) is 2.89. The molecule has 0 radical (unpaired) electrons. The predicted octanol–water partition coefficient (Wildman–Crippen LogP) is 8.35. The maximum absolute atomic E-state index is 12.7. The van der Waals surface area contributed by atoms with E-state index in [-0.39, 0.29) is 29.8 Å². The zero-order valence-electron chi connectivity index (χ0n) is 25.4. The second-order valence-corrected chi connectivity index (χ2v) is 11.9. The summed E-state index contributed by atoms with van der Waals surface area (Å²) in [5.74, 6) is 1.68. The van der Waals surface area contributed by atoms with Crippen LogP contribution < -0.4 is 0 Å². The van der Waals surface area contributed by atoms with Crippen molar-refractivity contribution in [1.29, 1.82) is 0 Å². The van der Waals surface area contributed by atoms with E-state index in [1.54, 1.807) is 0 Å². The van der Waals surface area contributed by atoms with E-state index < -0.39 is 6.10 Å². The first-order valence-corrected chi connectivity index (χ1v) is 15.0. The topological polar surface area (TPSA) is 63.6 Å². The molecule has 0 aliphatic heterocycles. The molecule has 38 heavy (non-hydrogen) atoms. The van der Waals surface area contributed by atoms with E-state index in [4.69, 9.17) is 4.74 Å². The Kier molecular flexibility index (Phi) is 17.4. The minimum Gasteiger partial charge on any atom is -0.388 e. The van der Waals surface area contributed by atoms with Crippen molar-refractivity contribution in [3.05, 3.63) is 47.6 Å². The summed E-state index contributed by atoms with van der Waals surface area (Å²) in [7, 11) is 1.81. The first-order valence-electron chi connectivity index (χ1n) is 15.0. The summed E-state index contributed by atoms with van der Waals surface area (Å²) < 4.78 is 5.55. The van der Waals surface area contributed by atoms with E-state index in [9.17, 15) is 14.7 Å². The smallest absolute Gasteiger partial charge is 0.138 e. The Morgan fingerprint density at radius 3 is 2.50 bits per heavy atom. The number of aliphatic hydroxyl groups excluding tert-OH is 1. The Morgan fingerprint density at radius 1 is 1.08 bits per heavy atom. The van der Waals surface area contributed by atoms with Gasteiger partial charge in [-0.15, -0.1) is 0 Å². The molecule has 1 rings (SSSR count). The molecule has 0 aromatic carbocycles. The van der Waals surface area contributed by atoms with Crippen LogP contribution in [0.5, 0.6) is 0 Å². The Hall–Kier alpha value is -1.78. The van der Waals surface area contributed by atoms with Gasteiger partial charge in [-0.05, 0) is 75.7 Å². The number of rotatable bonds is 18. The van der Waals surface area contributed by atoms with Gasteiger partial charge in [0.25, 0.3) is 0 Å². The summed E-state index contributed by atoms with van der Waals surface area (Å²) >= 11 is 0. The van der Waals surface area contributed by atoms with Crippen LogP contribution in [0.25, 0.3) is 0 Å². The molecule has 0 heterocycles. The molecule has 1 N–H and O–H groups in total. The highest BCUT2D eigenvalue weighted by molar-refractivity contribution is 5.82. The van der Waals surface area contributed by atoms with Crippen LogP contribution in [0.4, 0.5) is 0 Å². The minimum absolute atomic E-state index is 0.0705. The summed E-state index contributed by atoms with van der Waals surface area (Å²) in [6.07, 6.45) is 21.5. The van der Waals surface area contributed by atoms with E-state index in [1.807, 2.05) is 45.3 Å². The molecule has 5 unspecified atom stereocenters. The number of aliphatic hydroxyl groups is 1. The molecule has 0 aromatic heterocycles. The molecular formula is C34H56O4. The van der Waals surface area contributed by atoms with E-state index in [2.05, 4.69) is 39.8 Å². The quantitative estimate of drug-likeness (QED) is 0.143. The van der Waals surface area contributed by atoms with Crippen LogP contribution in [0, 0.1) is 23.7 Å². The lowest BCUT2D eigenvalue weighted by Gasteiger charge is -2.29. The number of hydrogen-bond donors (Lipinski definition) is 1. The van der Waals surface area contributed by atoms with Gasteiger partial charge in [0.1, 0.15) is 11.6 Å². The first-order chi connectivity index (χ1) is 18.0. The molecule has 0 bridgehead atoms. The second kappa shape index (κ2) is 19.3. The van der Waals surface area contributed by atoms with Crippen LogP contribution in [0.15, 0.2) is 47.6 Å². The zero-order valence-corrected chi connectivity index (χ0v) is 25.4. The maximum Gasteiger partial charge on any atom is 0.138 e.